The molecule has 17 aromatic rings. The molecule has 0 spiro atoms. The summed E-state index contributed by atoms with van der Waals surface area (Å²) in [5.74, 6) is 1.37. The van der Waals surface area contributed by atoms with Crippen LogP contribution in [0.2, 0.25) is 30.9 Å². The number of rotatable bonds is 8. The van der Waals surface area contributed by atoms with Crippen LogP contribution in [0.3, 0.4) is 0 Å². The summed E-state index contributed by atoms with van der Waals surface area (Å²) in [6, 6.07) is 60.7. The average molecular weight is 1600 g/mol. The number of H-pyrrole nitrogens is 2. The van der Waals surface area contributed by atoms with Gasteiger partial charge in [0, 0.05) is 81.3 Å². The molecule has 11 heterocycles. The first-order valence-electron chi connectivity index (χ1n) is 33.5. The van der Waals surface area contributed by atoms with Crippen LogP contribution < -0.4 is 28.4 Å². The quantitative estimate of drug-likeness (QED) is 0.0467. The molecule has 18 rings (SSSR count). The summed E-state index contributed by atoms with van der Waals surface area (Å²) in [6.07, 6.45) is 16.2. The fourth-order valence-electron chi connectivity index (χ4n) is 11.1. The Hall–Kier alpha value is -11.6. The number of carbonyl (C=O) groups is 1. The third-order valence-electron chi connectivity index (χ3n) is 17.1. The maximum absolute atomic E-state index is 9.04. The standard InChI is InChI=1S/C19H14N6.C13H17BN2O2.C12H7Cl2N3.C12H9ClN4.C10H7Cl2N3.C10H8ClN3.C2H3ClO/c20-18-19-21-8-9-25(19)17(16(23-18)12-4-2-1-3-5-12)13-6-7-15-14(10-13)11-22-24-15;1-12(2)13(3,4)18-14(17-12)10-5-6-11-9(7-10)8-15-16-11;13-10-12-15-6-7-17(12)11(14)9(16-10)8-4-2-1-3-5-8;13-10-9(8-4-2-1-3-5-8)16-11(14)12-15-6-7-17(10)12;11-8-7(6-4-2-1-3-5-6)14-9(12)10(13)15-8;11-10-9(13-6-8(12)14-10)7-4-2-1-3-5-7;3-1-2-4/h1-11H,(H2,20,23)(H,22,24);5-8H,1-4H3,(H,15,16);1-7H;1-7H,(H2,14,16);1-5H,(H2,13,15);1-6H,(H2,12,14);2H,1H2. The van der Waals surface area contributed by atoms with E-state index in [1.807, 2.05) is 193 Å². The first-order chi connectivity index (χ1) is 53.1. The molecular formula is C78H65BCl7N21O3. The second-order valence-electron chi connectivity index (χ2n) is 24.8. The number of aromatic amines is 2. The molecule has 0 bridgehead atoms. The molecule has 0 amide bonds. The number of anilines is 4. The monoisotopic (exact) mass is 1600 g/mol. The highest BCUT2D eigenvalue weighted by molar-refractivity contribution is 6.62. The topological polar surface area (TPSA) is 339 Å². The lowest BCUT2D eigenvalue weighted by atomic mass is 9.79. The van der Waals surface area contributed by atoms with Gasteiger partial charge in [0.05, 0.1) is 58.1 Å². The Morgan fingerprint density at radius 3 is 1.34 bits per heavy atom. The number of nitrogen functional groups attached to an aromatic ring is 4. The van der Waals surface area contributed by atoms with Crippen LogP contribution in [0.25, 0.3) is 106 Å². The van der Waals surface area contributed by atoms with E-state index in [0.29, 0.717) is 84.1 Å². The number of nitrogens with one attached hydrogen (secondary N) is 2. The molecule has 110 heavy (non-hydrogen) atoms. The average Bonchev–Trinajstić information content (AvgIpc) is 1.46. The minimum atomic E-state index is -0.311. The lowest BCUT2D eigenvalue weighted by Crippen LogP contribution is -2.41. The molecule has 7 aromatic carbocycles. The molecule has 10 N–H and O–H groups in total. The number of nitrogens with zero attached hydrogens (tertiary/aromatic N) is 15. The predicted molar refractivity (Wildman–Crippen MR) is 442 cm³/mol. The highest BCUT2D eigenvalue weighted by Crippen LogP contribution is 2.39. The molecule has 1 fully saturated rings. The number of benzene rings is 7. The van der Waals surface area contributed by atoms with Crippen molar-refractivity contribution >= 4 is 162 Å². The predicted octanol–water partition coefficient (Wildman–Crippen LogP) is 17.6. The number of aromatic nitrogens is 17. The summed E-state index contributed by atoms with van der Waals surface area (Å²) in [7, 11) is -0.311. The van der Waals surface area contributed by atoms with E-state index in [-0.39, 0.29) is 40.3 Å². The van der Waals surface area contributed by atoms with E-state index >= 15 is 0 Å². The van der Waals surface area contributed by atoms with Crippen LogP contribution in [0.15, 0.2) is 244 Å². The van der Waals surface area contributed by atoms with Gasteiger partial charge in [-0.05, 0) is 51.4 Å². The zero-order valence-corrected chi connectivity index (χ0v) is 64.1. The molecule has 0 aliphatic carbocycles. The lowest BCUT2D eigenvalue weighted by molar-refractivity contribution is -0.105. The fraction of sp³-hybridized carbons (Fsp3) is 0.0897. The van der Waals surface area contributed by atoms with Crippen LogP contribution in [0.1, 0.15) is 27.7 Å². The highest BCUT2D eigenvalue weighted by atomic mass is 35.5. The first kappa shape index (κ1) is 78.0. The zero-order valence-electron chi connectivity index (χ0n) is 58.8. The van der Waals surface area contributed by atoms with Crippen molar-refractivity contribution in [1.29, 1.82) is 0 Å². The van der Waals surface area contributed by atoms with Gasteiger partial charge >= 0.3 is 7.12 Å². The molecule has 1 aliphatic heterocycles. The van der Waals surface area contributed by atoms with Crippen LogP contribution in [-0.4, -0.2) is 114 Å². The highest BCUT2D eigenvalue weighted by Gasteiger charge is 2.51. The number of aldehydes is 1. The van der Waals surface area contributed by atoms with Gasteiger partial charge in [-0.25, -0.2) is 49.8 Å². The molecule has 552 valence electrons. The number of fused-ring (bicyclic) bond motifs is 5. The molecule has 0 saturated carbocycles. The van der Waals surface area contributed by atoms with Gasteiger partial charge in [0.15, 0.2) is 55.0 Å². The molecular weight excluding hydrogens is 1540 g/mol. The van der Waals surface area contributed by atoms with Gasteiger partial charge in [0.1, 0.15) is 45.2 Å². The van der Waals surface area contributed by atoms with Crippen molar-refractivity contribution in [1.82, 2.24) is 83.4 Å². The number of hydrogen-bond acceptors (Lipinski definition) is 19. The van der Waals surface area contributed by atoms with Crippen molar-refractivity contribution in [3.63, 3.8) is 0 Å². The van der Waals surface area contributed by atoms with Crippen molar-refractivity contribution in [2.75, 3.05) is 28.8 Å². The maximum atomic E-state index is 9.04. The van der Waals surface area contributed by atoms with Gasteiger partial charge in [0.2, 0.25) is 0 Å². The Balaban J connectivity index is 0.000000123. The third kappa shape index (κ3) is 17.9. The van der Waals surface area contributed by atoms with E-state index in [0.717, 1.165) is 72.0 Å². The zero-order chi connectivity index (χ0) is 77.6. The summed E-state index contributed by atoms with van der Waals surface area (Å²) in [6.45, 7) is 8.24. The van der Waals surface area contributed by atoms with E-state index in [1.165, 1.54) is 6.20 Å². The summed E-state index contributed by atoms with van der Waals surface area (Å²) in [5.41, 5.74) is 37.2. The lowest BCUT2D eigenvalue weighted by Gasteiger charge is -2.32. The molecule has 0 atom stereocenters. The van der Waals surface area contributed by atoms with Crippen molar-refractivity contribution in [2.24, 2.45) is 0 Å². The summed E-state index contributed by atoms with van der Waals surface area (Å²) in [4.78, 5) is 50.9. The normalized spacial score (nSPS) is 12.4. The summed E-state index contributed by atoms with van der Waals surface area (Å²) < 4.78 is 17.5. The Morgan fingerprint density at radius 2 is 0.827 bits per heavy atom. The van der Waals surface area contributed by atoms with Crippen LogP contribution in [0, 0.1) is 0 Å². The fourth-order valence-corrected chi connectivity index (χ4v) is 12.5. The molecule has 0 radical (unpaired) electrons. The minimum absolute atomic E-state index is 0.111. The molecule has 24 nitrogen and oxygen atoms in total. The van der Waals surface area contributed by atoms with E-state index in [4.69, 9.17) is 118 Å². The minimum Gasteiger partial charge on any atom is -0.399 e. The molecule has 32 heteroatoms. The third-order valence-corrected chi connectivity index (χ3v) is 19.0. The number of hydrogen-bond donors (Lipinski definition) is 6. The number of halogens is 7. The molecule has 1 aliphatic rings. The van der Waals surface area contributed by atoms with Gasteiger partial charge in [-0.3, -0.25) is 23.4 Å². The number of carbonyl (C=O) groups excluding carboxylic acids is 1. The maximum Gasteiger partial charge on any atom is 0.494 e. The Labute approximate surface area is 664 Å². The Morgan fingerprint density at radius 1 is 0.418 bits per heavy atom. The van der Waals surface area contributed by atoms with Crippen molar-refractivity contribution in [3.8, 4) is 67.5 Å². The Bertz CT molecular complexity index is 5870. The second kappa shape index (κ2) is 35.2. The van der Waals surface area contributed by atoms with Gasteiger partial charge in [-0.2, -0.15) is 10.2 Å². The summed E-state index contributed by atoms with van der Waals surface area (Å²) in [5, 5.41) is 18.3. The van der Waals surface area contributed by atoms with Crippen LogP contribution >= 0.6 is 81.2 Å². The number of alkyl halides is 1. The number of imidazole rings is 3. The summed E-state index contributed by atoms with van der Waals surface area (Å²) >= 11 is 41.1. The largest absolute Gasteiger partial charge is 0.494 e. The molecule has 10 aromatic heterocycles. The van der Waals surface area contributed by atoms with E-state index in [2.05, 4.69) is 116 Å². The Kier molecular flexibility index (Phi) is 24.9. The van der Waals surface area contributed by atoms with Crippen LogP contribution in [0.5, 0.6) is 0 Å². The van der Waals surface area contributed by atoms with Crippen molar-refractivity contribution < 1.29 is 14.1 Å². The first-order valence-corrected chi connectivity index (χ1v) is 36.3. The van der Waals surface area contributed by atoms with E-state index < -0.39 is 0 Å². The molecule has 0 unspecified atom stereocenters. The van der Waals surface area contributed by atoms with Gasteiger partial charge in [-0.15, -0.1) is 11.6 Å². The van der Waals surface area contributed by atoms with Crippen LogP contribution in [0.4, 0.5) is 23.3 Å². The van der Waals surface area contributed by atoms with Crippen LogP contribution in [-0.2, 0) is 14.1 Å². The number of nitrogens with two attached hydrogens (primary N) is 4. The van der Waals surface area contributed by atoms with Crippen molar-refractivity contribution in [2.45, 2.75) is 38.9 Å². The van der Waals surface area contributed by atoms with Crippen molar-refractivity contribution in [3.05, 3.63) is 275 Å². The molecule has 1 saturated heterocycles. The van der Waals surface area contributed by atoms with E-state index in [1.54, 1.807) is 39.8 Å². The second-order valence-corrected chi connectivity index (χ2v) is 27.3. The van der Waals surface area contributed by atoms with Gasteiger partial charge in [0.25, 0.3) is 0 Å². The smallest absolute Gasteiger partial charge is 0.399 e. The van der Waals surface area contributed by atoms with E-state index in [9.17, 15) is 0 Å². The van der Waals surface area contributed by atoms with Gasteiger partial charge < -0.3 is 37.0 Å². The van der Waals surface area contributed by atoms with Gasteiger partial charge in [-0.1, -0.05) is 239 Å². The SMILES string of the molecule is CC1(C)OB(c2ccc3[nH]ncc3c2)OC1(C)C.Clc1nc(-c2ccccc2)c(Cl)n2ccnc12.Nc1cnc(-c2ccccc2)c(Cl)n1.Nc1nc(-c2ccccc2)c(-c2ccc3[nH]ncc3c2)n2ccnc12.Nc1nc(-c2ccccc2)c(Cl)n2ccnc12.Nc1nc(Cl)c(-c2ccccc2)nc1Cl.O=CCCl.